The minimum Gasteiger partial charge on any atom is -0.345 e. The molecule has 0 unspecified atom stereocenters. The zero-order chi connectivity index (χ0) is 22.8. The van der Waals surface area contributed by atoms with Gasteiger partial charge in [0.15, 0.2) is 0 Å². The average Bonchev–Trinajstić information content (AvgIpc) is 2.74. The van der Waals surface area contributed by atoms with Crippen molar-refractivity contribution in [2.24, 2.45) is 5.92 Å². The van der Waals surface area contributed by atoms with E-state index in [9.17, 15) is 13.2 Å². The van der Waals surface area contributed by atoms with Gasteiger partial charge in [0.2, 0.25) is 10.0 Å². The first-order valence-corrected chi connectivity index (χ1v) is 12.6. The highest BCUT2D eigenvalue weighted by Crippen LogP contribution is 2.26. The maximum absolute atomic E-state index is 13.1. The van der Waals surface area contributed by atoms with E-state index in [1.165, 1.54) is 17.2 Å². The van der Waals surface area contributed by atoms with Gasteiger partial charge in [0, 0.05) is 18.7 Å². The van der Waals surface area contributed by atoms with Crippen LogP contribution < -0.4 is 5.32 Å². The molecule has 1 amide bonds. The van der Waals surface area contributed by atoms with Crippen molar-refractivity contribution in [2.75, 3.05) is 13.1 Å². The Bertz CT molecular complexity index is 1050. The molecule has 1 N–H and O–H groups in total. The molecule has 1 fully saturated rings. The number of carbonyl (C=O) groups excluding carboxylic acids is 1. The Morgan fingerprint density at radius 3 is 2.29 bits per heavy atom. The molecule has 0 radical (unpaired) electrons. The first-order valence-electron chi connectivity index (χ1n) is 11.1. The second-order valence-corrected chi connectivity index (χ2v) is 10.8. The highest BCUT2D eigenvalue weighted by molar-refractivity contribution is 7.89. The Morgan fingerprint density at radius 2 is 1.68 bits per heavy atom. The summed E-state index contributed by atoms with van der Waals surface area (Å²) < 4.78 is 27.8. The third-order valence-electron chi connectivity index (χ3n) is 6.48. The molecule has 1 heterocycles. The van der Waals surface area contributed by atoms with Crippen molar-refractivity contribution in [1.82, 2.24) is 9.62 Å². The number of nitrogens with one attached hydrogen (secondary N) is 1. The molecule has 1 atom stereocenters. The molecule has 31 heavy (non-hydrogen) atoms. The van der Waals surface area contributed by atoms with Gasteiger partial charge in [0.1, 0.15) is 0 Å². The number of nitrogens with zero attached hydrogens (tertiary/aromatic N) is 1. The first-order chi connectivity index (χ1) is 14.6. The molecule has 1 aliphatic rings. The van der Waals surface area contributed by atoms with Crippen LogP contribution in [0.4, 0.5) is 0 Å². The van der Waals surface area contributed by atoms with E-state index in [1.807, 2.05) is 19.9 Å². The largest absolute Gasteiger partial charge is 0.345 e. The standard InChI is InChI=1S/C25H34N2O3S/c1-6-24(21-9-7-18(3)20(5)15-21)26-25(28)23-16-22(10-8-19(23)4)31(29,30)27-13-11-17(2)12-14-27/h7-10,15-17,24H,6,11-14H2,1-5H3,(H,26,28)/t24-/m1/s1. The Morgan fingerprint density at radius 1 is 1.03 bits per heavy atom. The lowest BCUT2D eigenvalue weighted by atomic mass is 9.99. The minimum atomic E-state index is -3.60. The van der Waals surface area contributed by atoms with E-state index in [0.717, 1.165) is 30.4 Å². The summed E-state index contributed by atoms with van der Waals surface area (Å²) in [5.74, 6) is 0.300. The van der Waals surface area contributed by atoms with E-state index in [4.69, 9.17) is 0 Å². The average molecular weight is 443 g/mol. The van der Waals surface area contributed by atoms with Crippen molar-refractivity contribution in [3.05, 3.63) is 64.2 Å². The van der Waals surface area contributed by atoms with Gasteiger partial charge in [-0.2, -0.15) is 4.31 Å². The van der Waals surface area contributed by atoms with Gasteiger partial charge in [-0.3, -0.25) is 4.79 Å². The lowest BCUT2D eigenvalue weighted by molar-refractivity contribution is 0.0934. The molecular formula is C25H34N2O3S. The van der Waals surface area contributed by atoms with Gasteiger partial charge < -0.3 is 5.32 Å². The Kier molecular flexibility index (Phi) is 7.22. The van der Waals surface area contributed by atoms with Crippen LogP contribution >= 0.6 is 0 Å². The van der Waals surface area contributed by atoms with Crippen LogP contribution in [0.1, 0.15) is 71.8 Å². The van der Waals surface area contributed by atoms with Crippen molar-refractivity contribution in [1.29, 1.82) is 0 Å². The molecule has 6 heteroatoms. The first kappa shape index (κ1) is 23.5. The summed E-state index contributed by atoms with van der Waals surface area (Å²) in [6.07, 6.45) is 2.48. The van der Waals surface area contributed by atoms with Gasteiger partial charge in [-0.25, -0.2) is 8.42 Å². The number of rotatable bonds is 6. The predicted octanol–water partition coefficient (Wildman–Crippen LogP) is 4.91. The van der Waals surface area contributed by atoms with E-state index in [1.54, 1.807) is 16.4 Å². The summed E-state index contributed by atoms with van der Waals surface area (Å²) in [6.45, 7) is 11.2. The number of aryl methyl sites for hydroxylation is 3. The van der Waals surface area contributed by atoms with Crippen LogP contribution in [0.3, 0.4) is 0 Å². The van der Waals surface area contributed by atoms with E-state index in [-0.39, 0.29) is 16.8 Å². The molecule has 0 saturated carbocycles. The number of benzene rings is 2. The summed E-state index contributed by atoms with van der Waals surface area (Å²) in [4.78, 5) is 13.3. The lowest BCUT2D eigenvalue weighted by Crippen LogP contribution is -2.38. The molecule has 3 rings (SSSR count). The molecule has 0 aromatic heterocycles. The number of sulfonamides is 1. The molecule has 0 bridgehead atoms. The molecule has 5 nitrogen and oxygen atoms in total. The van der Waals surface area contributed by atoms with Gasteiger partial charge >= 0.3 is 0 Å². The zero-order valence-electron chi connectivity index (χ0n) is 19.2. The summed E-state index contributed by atoms with van der Waals surface area (Å²) in [5.41, 5.74) is 4.63. The number of carbonyl (C=O) groups is 1. The van der Waals surface area contributed by atoms with Gasteiger partial charge in [-0.1, -0.05) is 38.1 Å². The van der Waals surface area contributed by atoms with Crippen molar-refractivity contribution >= 4 is 15.9 Å². The van der Waals surface area contributed by atoms with Crippen LogP contribution in [-0.4, -0.2) is 31.7 Å². The van der Waals surface area contributed by atoms with Crippen molar-refractivity contribution in [2.45, 2.75) is 64.8 Å². The minimum absolute atomic E-state index is 0.130. The second kappa shape index (κ2) is 9.53. The van der Waals surface area contributed by atoms with E-state index < -0.39 is 10.0 Å². The van der Waals surface area contributed by atoms with Crippen LogP contribution in [0.5, 0.6) is 0 Å². The Labute approximate surface area is 186 Å². The number of hydrogen-bond donors (Lipinski definition) is 1. The van der Waals surface area contributed by atoms with Gasteiger partial charge in [-0.15, -0.1) is 0 Å². The number of amides is 1. The van der Waals surface area contributed by atoms with Crippen LogP contribution in [0, 0.1) is 26.7 Å². The summed E-state index contributed by atoms with van der Waals surface area (Å²) in [5, 5.41) is 3.10. The maximum Gasteiger partial charge on any atom is 0.252 e. The third kappa shape index (κ3) is 5.18. The highest BCUT2D eigenvalue weighted by atomic mass is 32.2. The van der Waals surface area contributed by atoms with Gasteiger partial charge in [0.25, 0.3) is 5.91 Å². The van der Waals surface area contributed by atoms with Crippen LogP contribution in [0.2, 0.25) is 0 Å². The van der Waals surface area contributed by atoms with Crippen LogP contribution in [0.25, 0.3) is 0 Å². The quantitative estimate of drug-likeness (QED) is 0.691. The topological polar surface area (TPSA) is 66.5 Å². The fourth-order valence-corrected chi connectivity index (χ4v) is 5.52. The Balaban J connectivity index is 1.85. The lowest BCUT2D eigenvalue weighted by Gasteiger charge is -2.29. The number of hydrogen-bond acceptors (Lipinski definition) is 3. The van der Waals surface area contributed by atoms with Crippen LogP contribution in [0.15, 0.2) is 41.3 Å². The molecule has 1 saturated heterocycles. The summed E-state index contributed by atoms with van der Waals surface area (Å²) in [6, 6.07) is 11.0. The SMILES string of the molecule is CC[C@@H](NC(=O)c1cc(S(=O)(=O)N2CCC(C)CC2)ccc1C)c1ccc(C)c(C)c1. The number of piperidine rings is 1. The fraction of sp³-hybridized carbons (Fsp3) is 0.480. The molecule has 2 aromatic rings. The Hall–Kier alpha value is -2.18. The zero-order valence-corrected chi connectivity index (χ0v) is 20.1. The third-order valence-corrected chi connectivity index (χ3v) is 8.38. The van der Waals surface area contributed by atoms with Gasteiger partial charge in [0.05, 0.1) is 10.9 Å². The van der Waals surface area contributed by atoms with E-state index >= 15 is 0 Å². The highest BCUT2D eigenvalue weighted by Gasteiger charge is 2.29. The molecule has 0 spiro atoms. The monoisotopic (exact) mass is 442 g/mol. The normalized spacial score (nSPS) is 16.8. The van der Waals surface area contributed by atoms with E-state index in [2.05, 4.69) is 38.2 Å². The molecule has 2 aromatic carbocycles. The molecule has 168 valence electrons. The van der Waals surface area contributed by atoms with Crippen LogP contribution in [-0.2, 0) is 10.0 Å². The van der Waals surface area contributed by atoms with Gasteiger partial charge in [-0.05, 0) is 80.3 Å². The molecule has 1 aliphatic heterocycles. The van der Waals surface area contributed by atoms with Crippen molar-refractivity contribution in [3.8, 4) is 0 Å². The molecule has 0 aliphatic carbocycles. The summed E-state index contributed by atoms with van der Waals surface area (Å²) in [7, 11) is -3.60. The maximum atomic E-state index is 13.1. The fourth-order valence-electron chi connectivity index (χ4n) is 4.02. The second-order valence-electron chi connectivity index (χ2n) is 8.84. The summed E-state index contributed by atoms with van der Waals surface area (Å²) >= 11 is 0. The van der Waals surface area contributed by atoms with Crippen molar-refractivity contribution in [3.63, 3.8) is 0 Å². The predicted molar refractivity (Wildman–Crippen MR) is 125 cm³/mol. The van der Waals surface area contributed by atoms with E-state index in [0.29, 0.717) is 24.6 Å². The van der Waals surface area contributed by atoms with Crippen molar-refractivity contribution < 1.29 is 13.2 Å². The smallest absolute Gasteiger partial charge is 0.252 e. The molecular weight excluding hydrogens is 408 g/mol.